The molecule has 0 bridgehead atoms. The monoisotopic (exact) mass is 965 g/mol. The normalized spacial score (nSPS) is 13.6. The first-order chi connectivity index (χ1) is 33.8. The second-order valence-electron chi connectivity index (χ2n) is 18.6. The summed E-state index contributed by atoms with van der Waals surface area (Å²) in [4.78, 5) is 85.4. The number of amides is 2. The van der Waals surface area contributed by atoms with Gasteiger partial charge in [0.15, 0.2) is 0 Å². The second-order valence-corrected chi connectivity index (χ2v) is 18.6. The SMILES string of the molecule is CCC(C)C(C(=O)N[C@@H](CC(=O)O)c1cncc(-c2c(C)cccc2C)c1)n1ccc(C)cc1=O.CCC(C)C(C(=O)N[C@@H](CC(=O)OC)c1cncc(-c2c(C)cccc2C)c1)n1ccc(C)cc1=O. The van der Waals surface area contributed by atoms with Gasteiger partial charge in [-0.15, -0.1) is 0 Å². The Morgan fingerprint density at radius 2 is 0.972 bits per heavy atom. The fourth-order valence-corrected chi connectivity index (χ4v) is 8.95. The van der Waals surface area contributed by atoms with Gasteiger partial charge in [0.25, 0.3) is 11.1 Å². The third kappa shape index (κ3) is 13.9. The number of ether oxygens (including phenoxy) is 1. The lowest BCUT2D eigenvalue weighted by Crippen LogP contribution is -2.42. The van der Waals surface area contributed by atoms with Gasteiger partial charge >= 0.3 is 11.9 Å². The quantitative estimate of drug-likeness (QED) is 0.0699. The largest absolute Gasteiger partial charge is 0.481 e. The topological polar surface area (TPSA) is 192 Å². The van der Waals surface area contributed by atoms with Gasteiger partial charge in [-0.1, -0.05) is 76.9 Å². The molecule has 71 heavy (non-hydrogen) atoms. The first kappa shape index (κ1) is 54.5. The smallest absolute Gasteiger partial charge is 0.307 e. The molecule has 6 atom stereocenters. The summed E-state index contributed by atoms with van der Waals surface area (Å²) in [6.07, 6.45) is 11.1. The van der Waals surface area contributed by atoms with Gasteiger partial charge < -0.3 is 29.6 Å². The molecule has 374 valence electrons. The van der Waals surface area contributed by atoms with Gasteiger partial charge in [0, 0.05) is 60.4 Å². The molecule has 0 aliphatic heterocycles. The highest BCUT2D eigenvalue weighted by Crippen LogP contribution is 2.32. The summed E-state index contributed by atoms with van der Waals surface area (Å²) in [5.41, 5.74) is 10.7. The molecule has 2 aromatic carbocycles. The van der Waals surface area contributed by atoms with Crippen LogP contribution >= 0.6 is 0 Å². The van der Waals surface area contributed by atoms with E-state index in [1.165, 1.54) is 28.4 Å². The molecule has 6 rings (SSSR count). The number of pyridine rings is 4. The molecule has 4 heterocycles. The number of benzene rings is 2. The zero-order valence-corrected chi connectivity index (χ0v) is 42.8. The summed E-state index contributed by atoms with van der Waals surface area (Å²) in [7, 11) is 1.32. The van der Waals surface area contributed by atoms with Crippen molar-refractivity contribution in [1.82, 2.24) is 29.7 Å². The van der Waals surface area contributed by atoms with Gasteiger partial charge in [-0.3, -0.25) is 38.7 Å². The molecule has 0 saturated carbocycles. The number of aliphatic carboxylic acids is 1. The number of hydrogen-bond acceptors (Lipinski definition) is 9. The fraction of sp³-hybridized carbons (Fsp3) is 0.368. The van der Waals surface area contributed by atoms with Gasteiger partial charge in [0.05, 0.1) is 32.0 Å². The summed E-state index contributed by atoms with van der Waals surface area (Å²) in [6, 6.07) is 19.6. The standard InChI is InChI=1S/C29H35N3O4.C28H33N3O4/c1-7-19(3)28(32-12-11-18(2)13-25(32)33)29(35)31-24(15-26(34)36-6)22-14-23(17-30-16-22)27-20(4)9-8-10-21(27)5;1-6-18(3)27(31-11-10-17(2)12-24(31)32)28(35)30-23(14-25(33)34)21-13-22(16-29-15-21)26-19(4)8-7-9-20(26)5/h8-14,16-17,19,24,28H,7,15H2,1-6H3,(H,31,35);7-13,15-16,18,23,27H,6,14H2,1-5H3,(H,30,35)(H,33,34)/t19?,24-,28?;18?,23-,27?/m00/s1. The number of nitrogens with zero attached hydrogens (tertiary/aromatic N) is 4. The number of aryl methyl sites for hydroxylation is 6. The fourth-order valence-electron chi connectivity index (χ4n) is 8.95. The summed E-state index contributed by atoms with van der Waals surface area (Å²) in [6.45, 7) is 19.6. The molecule has 3 N–H and O–H groups in total. The molecule has 14 nitrogen and oxygen atoms in total. The molecule has 0 aliphatic carbocycles. The highest BCUT2D eigenvalue weighted by atomic mass is 16.5. The maximum atomic E-state index is 13.7. The van der Waals surface area contributed by atoms with E-state index < -0.39 is 42.0 Å². The lowest BCUT2D eigenvalue weighted by Gasteiger charge is -2.27. The van der Waals surface area contributed by atoms with Crippen LogP contribution in [-0.4, -0.2) is 55.1 Å². The molecule has 6 aromatic rings. The number of rotatable bonds is 18. The summed E-state index contributed by atoms with van der Waals surface area (Å²) >= 11 is 0. The molecule has 0 spiro atoms. The van der Waals surface area contributed by atoms with Crippen molar-refractivity contribution >= 4 is 23.8 Å². The van der Waals surface area contributed by atoms with Crippen molar-refractivity contribution in [3.63, 3.8) is 0 Å². The predicted octanol–water partition coefficient (Wildman–Crippen LogP) is 9.60. The van der Waals surface area contributed by atoms with E-state index in [2.05, 4.69) is 20.6 Å². The van der Waals surface area contributed by atoms with Gasteiger partial charge in [-0.05, 0) is 133 Å². The van der Waals surface area contributed by atoms with Gasteiger partial charge in [0.1, 0.15) is 12.1 Å². The van der Waals surface area contributed by atoms with Crippen LogP contribution in [0.2, 0.25) is 0 Å². The van der Waals surface area contributed by atoms with Crippen molar-refractivity contribution in [2.75, 3.05) is 7.11 Å². The van der Waals surface area contributed by atoms with Crippen LogP contribution in [0.1, 0.15) is 122 Å². The van der Waals surface area contributed by atoms with Gasteiger partial charge in [-0.25, -0.2) is 0 Å². The second kappa shape index (κ2) is 24.9. The molecule has 4 aromatic heterocycles. The van der Waals surface area contributed by atoms with E-state index >= 15 is 0 Å². The molecule has 0 saturated heterocycles. The molecule has 4 unspecified atom stereocenters. The van der Waals surface area contributed by atoms with Crippen molar-refractivity contribution < 1.29 is 29.0 Å². The Bertz CT molecular complexity index is 2940. The number of carboxylic acids is 1. The summed E-state index contributed by atoms with van der Waals surface area (Å²) in [5.74, 6) is -2.47. The Morgan fingerprint density at radius 3 is 1.31 bits per heavy atom. The highest BCUT2D eigenvalue weighted by Gasteiger charge is 2.32. The van der Waals surface area contributed by atoms with Crippen LogP contribution < -0.4 is 21.8 Å². The molecular weight excluding hydrogens is 897 g/mol. The Kier molecular flexibility index (Phi) is 19.1. The molecule has 0 fully saturated rings. The third-order valence-corrected chi connectivity index (χ3v) is 13.2. The van der Waals surface area contributed by atoms with Crippen LogP contribution in [0.3, 0.4) is 0 Å². The number of hydrogen-bond donors (Lipinski definition) is 3. The first-order valence-electron chi connectivity index (χ1n) is 24.1. The van der Waals surface area contributed by atoms with Crippen LogP contribution in [0, 0.1) is 53.4 Å². The zero-order valence-electron chi connectivity index (χ0n) is 42.8. The Morgan fingerprint density at radius 1 is 0.592 bits per heavy atom. The van der Waals surface area contributed by atoms with Crippen molar-refractivity contribution in [1.29, 1.82) is 0 Å². The summed E-state index contributed by atoms with van der Waals surface area (Å²) in [5, 5.41) is 15.5. The number of carbonyl (C=O) groups is 4. The van der Waals surface area contributed by atoms with Crippen molar-refractivity contribution in [2.24, 2.45) is 11.8 Å². The van der Waals surface area contributed by atoms with E-state index in [-0.39, 0.29) is 41.7 Å². The Balaban J connectivity index is 0.000000264. The third-order valence-electron chi connectivity index (χ3n) is 13.2. The van der Waals surface area contributed by atoms with Gasteiger partial charge in [0.2, 0.25) is 11.8 Å². The highest BCUT2D eigenvalue weighted by molar-refractivity contribution is 5.83. The first-order valence-corrected chi connectivity index (χ1v) is 24.1. The minimum Gasteiger partial charge on any atom is -0.481 e. The average Bonchev–Trinajstić information content (AvgIpc) is 3.32. The molecule has 0 radical (unpaired) electrons. The molecule has 2 amide bonds. The van der Waals surface area contributed by atoms with E-state index in [4.69, 9.17) is 4.74 Å². The number of methoxy groups -OCH3 is 1. The van der Waals surface area contributed by atoms with E-state index in [1.54, 1.807) is 43.2 Å². The minimum absolute atomic E-state index is 0.0594. The molecular formula is C57H68N6O8. The van der Waals surface area contributed by atoms with Gasteiger partial charge in [-0.2, -0.15) is 0 Å². The molecule has 14 heteroatoms. The number of nitrogens with one attached hydrogen (secondary N) is 2. The molecule has 0 aliphatic rings. The number of esters is 1. The van der Waals surface area contributed by atoms with Crippen molar-refractivity contribution in [3.05, 3.63) is 175 Å². The van der Waals surface area contributed by atoms with E-state index in [0.29, 0.717) is 24.0 Å². The van der Waals surface area contributed by atoms with Crippen LogP contribution in [-0.2, 0) is 23.9 Å². The van der Waals surface area contributed by atoms with E-state index in [0.717, 1.165) is 55.6 Å². The lowest BCUT2D eigenvalue weighted by atomic mass is 9.94. The van der Waals surface area contributed by atoms with Crippen molar-refractivity contribution in [2.45, 2.75) is 119 Å². The summed E-state index contributed by atoms with van der Waals surface area (Å²) < 4.78 is 7.82. The van der Waals surface area contributed by atoms with E-state index in [1.807, 2.05) is 124 Å². The maximum absolute atomic E-state index is 13.7. The minimum atomic E-state index is -1.04. The predicted molar refractivity (Wildman–Crippen MR) is 277 cm³/mol. The van der Waals surface area contributed by atoms with E-state index in [9.17, 15) is 33.9 Å². The number of aromatic nitrogens is 4. The van der Waals surface area contributed by atoms with Crippen LogP contribution in [0.25, 0.3) is 22.3 Å². The number of carbonyl (C=O) groups excluding carboxylic acids is 3. The lowest BCUT2D eigenvalue weighted by molar-refractivity contribution is -0.142. The Labute approximate surface area is 416 Å². The Hall–Kier alpha value is -7.48. The van der Waals surface area contributed by atoms with Crippen LogP contribution in [0.4, 0.5) is 0 Å². The van der Waals surface area contributed by atoms with Crippen molar-refractivity contribution in [3.8, 4) is 22.3 Å². The maximum Gasteiger partial charge on any atom is 0.307 e. The van der Waals surface area contributed by atoms with Crippen LogP contribution in [0.5, 0.6) is 0 Å². The number of carboxylic acid groups (broad SMARTS) is 1. The average molecular weight is 965 g/mol. The van der Waals surface area contributed by atoms with Crippen LogP contribution in [0.15, 0.2) is 120 Å². The zero-order chi connectivity index (χ0) is 52.1.